The van der Waals surface area contributed by atoms with Gasteiger partial charge in [-0.15, -0.1) is 0 Å². The molecule has 0 aliphatic carbocycles. The molecular weight excluding hydrogens is 318 g/mol. The summed E-state index contributed by atoms with van der Waals surface area (Å²) in [6.07, 6.45) is 0.780. The van der Waals surface area contributed by atoms with Crippen LogP contribution in [0.5, 0.6) is 5.75 Å². The van der Waals surface area contributed by atoms with Crippen molar-refractivity contribution in [1.82, 2.24) is 14.7 Å². The summed E-state index contributed by atoms with van der Waals surface area (Å²) in [4.78, 5) is 26.5. The maximum atomic E-state index is 12.9. The highest BCUT2D eigenvalue weighted by atomic mass is 16.5. The minimum absolute atomic E-state index is 0.138. The highest BCUT2D eigenvalue weighted by molar-refractivity contribution is 5.92. The van der Waals surface area contributed by atoms with Crippen LogP contribution in [0.1, 0.15) is 49.3 Å². The lowest BCUT2D eigenvalue weighted by atomic mass is 10.1. The molecule has 1 aromatic heterocycles. The lowest BCUT2D eigenvalue weighted by molar-refractivity contribution is 0.0693. The maximum Gasteiger partial charge on any atom is 0.274 e. The number of carbonyl (C=O) groups is 1. The van der Waals surface area contributed by atoms with Crippen LogP contribution in [-0.2, 0) is 6.54 Å². The van der Waals surface area contributed by atoms with Crippen LogP contribution in [0.25, 0.3) is 0 Å². The van der Waals surface area contributed by atoms with Crippen LogP contribution >= 0.6 is 0 Å². The fourth-order valence-corrected chi connectivity index (χ4v) is 2.76. The van der Waals surface area contributed by atoms with Crippen LogP contribution in [0, 0.1) is 0 Å². The first kappa shape index (κ1) is 18.7. The molecule has 0 aliphatic rings. The average Bonchev–Trinajstić information content (AvgIpc) is 2.64. The van der Waals surface area contributed by atoms with Gasteiger partial charge in [-0.3, -0.25) is 9.59 Å². The summed E-state index contributed by atoms with van der Waals surface area (Å²) in [7, 11) is 1.62. The van der Waals surface area contributed by atoms with E-state index in [1.807, 2.05) is 45.0 Å². The monoisotopic (exact) mass is 343 g/mol. The Morgan fingerprint density at radius 1 is 1.28 bits per heavy atom. The van der Waals surface area contributed by atoms with Crippen molar-refractivity contribution >= 4 is 5.91 Å². The second-order valence-electron chi connectivity index (χ2n) is 5.82. The predicted octanol–water partition coefficient (Wildman–Crippen LogP) is 2.89. The summed E-state index contributed by atoms with van der Waals surface area (Å²) < 4.78 is 6.61. The molecule has 1 unspecified atom stereocenters. The van der Waals surface area contributed by atoms with Gasteiger partial charge >= 0.3 is 0 Å². The second kappa shape index (κ2) is 8.46. The van der Waals surface area contributed by atoms with Crippen molar-refractivity contribution in [3.05, 3.63) is 58.0 Å². The van der Waals surface area contributed by atoms with E-state index < -0.39 is 0 Å². The number of carbonyl (C=O) groups excluding carboxylic acids is 1. The standard InChI is InChI=1S/C19H25N3O3/c1-5-12-22-18(23)11-10-17(20-22)19(24)21(6-2)14(3)15-8-7-9-16(13-15)25-4/h7-11,13-14H,5-6,12H2,1-4H3. The van der Waals surface area contributed by atoms with E-state index in [1.54, 1.807) is 12.0 Å². The SMILES string of the molecule is CCCn1nc(C(=O)N(CC)C(C)c2cccc(OC)c2)ccc1=O. The van der Waals surface area contributed by atoms with Crippen molar-refractivity contribution in [1.29, 1.82) is 0 Å². The van der Waals surface area contributed by atoms with E-state index in [1.165, 1.54) is 16.8 Å². The molecule has 25 heavy (non-hydrogen) atoms. The number of aryl methyl sites for hydroxylation is 1. The number of methoxy groups -OCH3 is 1. The summed E-state index contributed by atoms with van der Waals surface area (Å²) in [5.74, 6) is 0.560. The summed E-state index contributed by atoms with van der Waals surface area (Å²) in [6.45, 7) is 6.89. The molecule has 6 heteroatoms. The normalized spacial score (nSPS) is 11.8. The Labute approximate surface area is 148 Å². The molecule has 0 fully saturated rings. The third kappa shape index (κ3) is 4.26. The lowest BCUT2D eigenvalue weighted by Crippen LogP contribution is -2.35. The molecule has 1 amide bonds. The van der Waals surface area contributed by atoms with Crippen LogP contribution in [-0.4, -0.2) is 34.2 Å². The molecule has 0 aliphatic heterocycles. The Hall–Kier alpha value is -2.63. The third-order valence-corrected chi connectivity index (χ3v) is 4.17. The smallest absolute Gasteiger partial charge is 0.274 e. The van der Waals surface area contributed by atoms with E-state index >= 15 is 0 Å². The van der Waals surface area contributed by atoms with E-state index in [0.717, 1.165) is 17.7 Å². The quantitative estimate of drug-likeness (QED) is 0.775. The zero-order valence-electron chi connectivity index (χ0n) is 15.2. The van der Waals surface area contributed by atoms with E-state index in [-0.39, 0.29) is 23.2 Å². The molecule has 0 saturated heterocycles. The largest absolute Gasteiger partial charge is 0.497 e. The molecule has 2 rings (SSSR count). The molecule has 0 spiro atoms. The van der Waals surface area contributed by atoms with Gasteiger partial charge in [-0.05, 0) is 44.0 Å². The van der Waals surface area contributed by atoms with Gasteiger partial charge in [0.2, 0.25) is 0 Å². The molecule has 0 N–H and O–H groups in total. The molecule has 6 nitrogen and oxygen atoms in total. The van der Waals surface area contributed by atoms with Gasteiger partial charge in [0.05, 0.1) is 13.2 Å². The number of ether oxygens (including phenoxy) is 1. The number of nitrogens with zero attached hydrogens (tertiary/aromatic N) is 3. The van der Waals surface area contributed by atoms with Gasteiger partial charge in [-0.25, -0.2) is 4.68 Å². The molecule has 1 aromatic carbocycles. The van der Waals surface area contributed by atoms with Crippen molar-refractivity contribution in [2.24, 2.45) is 0 Å². The van der Waals surface area contributed by atoms with E-state index in [9.17, 15) is 9.59 Å². The van der Waals surface area contributed by atoms with Crippen LogP contribution in [0.3, 0.4) is 0 Å². The van der Waals surface area contributed by atoms with Crippen LogP contribution < -0.4 is 10.3 Å². The first-order chi connectivity index (χ1) is 12.0. The Bertz CT molecular complexity index is 785. The maximum absolute atomic E-state index is 12.9. The van der Waals surface area contributed by atoms with Gasteiger partial charge in [-0.2, -0.15) is 5.10 Å². The zero-order chi connectivity index (χ0) is 18.4. The third-order valence-electron chi connectivity index (χ3n) is 4.17. The molecule has 0 radical (unpaired) electrons. The summed E-state index contributed by atoms with van der Waals surface area (Å²) >= 11 is 0. The van der Waals surface area contributed by atoms with E-state index in [2.05, 4.69) is 5.10 Å². The van der Waals surface area contributed by atoms with Crippen LogP contribution in [0.4, 0.5) is 0 Å². The van der Waals surface area contributed by atoms with Gasteiger partial charge in [-0.1, -0.05) is 19.1 Å². The van der Waals surface area contributed by atoms with Crippen LogP contribution in [0.2, 0.25) is 0 Å². The molecular formula is C19H25N3O3. The minimum Gasteiger partial charge on any atom is -0.497 e. The number of hydrogen-bond acceptors (Lipinski definition) is 4. The molecule has 2 aromatic rings. The van der Waals surface area contributed by atoms with Gasteiger partial charge in [0, 0.05) is 19.2 Å². The van der Waals surface area contributed by atoms with Gasteiger partial charge in [0.1, 0.15) is 11.4 Å². The lowest BCUT2D eigenvalue weighted by Gasteiger charge is -2.28. The Morgan fingerprint density at radius 2 is 2.04 bits per heavy atom. The molecule has 1 atom stereocenters. The Balaban J connectivity index is 2.31. The van der Waals surface area contributed by atoms with Gasteiger partial charge in [0.15, 0.2) is 0 Å². The van der Waals surface area contributed by atoms with Gasteiger partial charge < -0.3 is 9.64 Å². The number of amides is 1. The molecule has 1 heterocycles. The first-order valence-corrected chi connectivity index (χ1v) is 8.54. The highest BCUT2D eigenvalue weighted by Crippen LogP contribution is 2.24. The fourth-order valence-electron chi connectivity index (χ4n) is 2.76. The summed E-state index contributed by atoms with van der Waals surface area (Å²) in [5.41, 5.74) is 1.07. The van der Waals surface area contributed by atoms with Crippen molar-refractivity contribution in [2.45, 2.75) is 39.8 Å². The van der Waals surface area contributed by atoms with Gasteiger partial charge in [0.25, 0.3) is 11.5 Å². The number of hydrogen-bond donors (Lipinski definition) is 0. The summed E-state index contributed by atoms with van der Waals surface area (Å²) in [5, 5.41) is 4.23. The predicted molar refractivity (Wildman–Crippen MR) is 96.9 cm³/mol. The fraction of sp³-hybridized carbons (Fsp3) is 0.421. The van der Waals surface area contributed by atoms with Crippen molar-refractivity contribution in [3.63, 3.8) is 0 Å². The highest BCUT2D eigenvalue weighted by Gasteiger charge is 2.23. The van der Waals surface area contributed by atoms with Crippen molar-refractivity contribution in [3.8, 4) is 5.75 Å². The van der Waals surface area contributed by atoms with Crippen molar-refractivity contribution in [2.75, 3.05) is 13.7 Å². The van der Waals surface area contributed by atoms with Crippen molar-refractivity contribution < 1.29 is 9.53 Å². The minimum atomic E-state index is -0.192. The summed E-state index contributed by atoms with van der Waals surface area (Å²) in [6, 6.07) is 10.4. The van der Waals surface area contributed by atoms with E-state index in [4.69, 9.17) is 4.74 Å². The number of rotatable bonds is 7. The number of benzene rings is 1. The topological polar surface area (TPSA) is 64.4 Å². The second-order valence-corrected chi connectivity index (χ2v) is 5.82. The molecule has 134 valence electrons. The van der Waals surface area contributed by atoms with Crippen LogP contribution in [0.15, 0.2) is 41.2 Å². The molecule has 0 bridgehead atoms. The Kier molecular flexibility index (Phi) is 6.33. The first-order valence-electron chi connectivity index (χ1n) is 8.54. The Morgan fingerprint density at radius 3 is 2.68 bits per heavy atom. The zero-order valence-corrected chi connectivity index (χ0v) is 15.2. The van der Waals surface area contributed by atoms with E-state index in [0.29, 0.717) is 13.1 Å². The molecule has 0 saturated carbocycles. The average molecular weight is 343 g/mol. The number of aromatic nitrogens is 2.